The number of hydrogen-bond donors (Lipinski definition) is 2. The van der Waals surface area contributed by atoms with Crippen molar-refractivity contribution >= 4 is 5.84 Å². The SMILES string of the molecule is N=C(N)Cc1ccc(C(F)(F)F)cn1. The van der Waals surface area contributed by atoms with Gasteiger partial charge in [-0.15, -0.1) is 0 Å². The number of rotatable bonds is 2. The Morgan fingerprint density at radius 3 is 2.43 bits per heavy atom. The van der Waals surface area contributed by atoms with Gasteiger partial charge in [-0.2, -0.15) is 13.2 Å². The molecule has 76 valence electrons. The summed E-state index contributed by atoms with van der Waals surface area (Å²) in [7, 11) is 0. The highest BCUT2D eigenvalue weighted by atomic mass is 19.4. The third-order valence-corrected chi connectivity index (χ3v) is 1.52. The summed E-state index contributed by atoms with van der Waals surface area (Å²) >= 11 is 0. The van der Waals surface area contributed by atoms with Gasteiger partial charge in [-0.25, -0.2) is 0 Å². The Labute approximate surface area is 78.3 Å². The molecule has 0 spiro atoms. The lowest BCUT2D eigenvalue weighted by molar-refractivity contribution is -0.137. The van der Waals surface area contributed by atoms with Crippen molar-refractivity contribution in [2.45, 2.75) is 12.6 Å². The molecule has 0 aliphatic carbocycles. The Morgan fingerprint density at radius 1 is 1.43 bits per heavy atom. The Bertz CT molecular complexity index is 329. The highest BCUT2D eigenvalue weighted by molar-refractivity contribution is 5.78. The molecule has 14 heavy (non-hydrogen) atoms. The largest absolute Gasteiger partial charge is 0.417 e. The second kappa shape index (κ2) is 3.65. The van der Waals surface area contributed by atoms with E-state index in [0.717, 1.165) is 12.3 Å². The second-order valence-electron chi connectivity index (χ2n) is 2.74. The van der Waals surface area contributed by atoms with Gasteiger partial charge in [-0.3, -0.25) is 10.4 Å². The number of hydrogen-bond acceptors (Lipinski definition) is 2. The predicted octanol–water partition coefficient (Wildman–Crippen LogP) is 1.58. The van der Waals surface area contributed by atoms with E-state index in [1.165, 1.54) is 6.07 Å². The maximum Gasteiger partial charge on any atom is 0.417 e. The van der Waals surface area contributed by atoms with Crippen LogP contribution in [0.15, 0.2) is 18.3 Å². The first kappa shape index (κ1) is 10.5. The summed E-state index contributed by atoms with van der Waals surface area (Å²) < 4.78 is 36.2. The zero-order valence-corrected chi connectivity index (χ0v) is 7.10. The van der Waals surface area contributed by atoms with E-state index < -0.39 is 11.7 Å². The lowest BCUT2D eigenvalue weighted by Crippen LogP contribution is -2.14. The average molecular weight is 203 g/mol. The molecule has 1 heterocycles. The second-order valence-corrected chi connectivity index (χ2v) is 2.74. The Morgan fingerprint density at radius 2 is 2.07 bits per heavy atom. The van der Waals surface area contributed by atoms with Crippen LogP contribution in [0.4, 0.5) is 13.2 Å². The summed E-state index contributed by atoms with van der Waals surface area (Å²) in [5.74, 6) is -0.128. The van der Waals surface area contributed by atoms with Crippen LogP contribution in [0, 0.1) is 5.41 Å². The van der Waals surface area contributed by atoms with E-state index in [9.17, 15) is 13.2 Å². The molecular formula is C8H8F3N3. The molecule has 0 bridgehead atoms. The molecule has 0 saturated heterocycles. The van der Waals surface area contributed by atoms with Gasteiger partial charge in [0.25, 0.3) is 0 Å². The number of nitrogens with two attached hydrogens (primary N) is 1. The van der Waals surface area contributed by atoms with Crippen molar-refractivity contribution < 1.29 is 13.2 Å². The molecule has 1 aromatic rings. The summed E-state index contributed by atoms with van der Waals surface area (Å²) in [5, 5.41) is 6.92. The summed E-state index contributed by atoms with van der Waals surface area (Å²) in [6.45, 7) is 0. The van der Waals surface area contributed by atoms with E-state index in [-0.39, 0.29) is 12.3 Å². The average Bonchev–Trinajstić information content (AvgIpc) is 2.02. The minimum atomic E-state index is -4.37. The fraction of sp³-hybridized carbons (Fsp3) is 0.250. The summed E-state index contributed by atoms with van der Waals surface area (Å²) in [6, 6.07) is 2.13. The molecule has 3 nitrogen and oxygen atoms in total. The van der Waals surface area contributed by atoms with Gasteiger partial charge >= 0.3 is 6.18 Å². The molecule has 0 saturated carbocycles. The van der Waals surface area contributed by atoms with Gasteiger partial charge < -0.3 is 5.73 Å². The Kier molecular flexibility index (Phi) is 2.73. The minimum Gasteiger partial charge on any atom is -0.387 e. The van der Waals surface area contributed by atoms with Gasteiger partial charge in [0.15, 0.2) is 0 Å². The first-order valence-corrected chi connectivity index (χ1v) is 3.74. The molecule has 0 amide bonds. The topological polar surface area (TPSA) is 62.8 Å². The van der Waals surface area contributed by atoms with E-state index in [1.54, 1.807) is 0 Å². The third kappa shape index (κ3) is 2.72. The molecule has 0 aliphatic heterocycles. The van der Waals surface area contributed by atoms with Gasteiger partial charge in [0.1, 0.15) is 0 Å². The van der Waals surface area contributed by atoms with Crippen LogP contribution in [-0.2, 0) is 12.6 Å². The minimum absolute atomic E-state index is 0.0676. The van der Waals surface area contributed by atoms with Crippen LogP contribution in [0.3, 0.4) is 0 Å². The number of pyridine rings is 1. The number of amidine groups is 1. The van der Waals surface area contributed by atoms with Crippen molar-refractivity contribution in [1.82, 2.24) is 4.98 Å². The van der Waals surface area contributed by atoms with Crippen molar-refractivity contribution in [3.05, 3.63) is 29.6 Å². The molecule has 0 aliphatic rings. The lowest BCUT2D eigenvalue weighted by atomic mass is 10.2. The molecule has 0 atom stereocenters. The summed E-state index contributed by atoms with van der Waals surface area (Å²) in [6.07, 6.45) is -3.57. The van der Waals surface area contributed by atoms with Crippen LogP contribution in [-0.4, -0.2) is 10.8 Å². The molecule has 3 N–H and O–H groups in total. The number of alkyl halides is 3. The molecular weight excluding hydrogens is 195 g/mol. The number of aromatic nitrogens is 1. The monoisotopic (exact) mass is 203 g/mol. The van der Waals surface area contributed by atoms with Crippen molar-refractivity contribution in [2.75, 3.05) is 0 Å². The summed E-state index contributed by atoms with van der Waals surface area (Å²) in [4.78, 5) is 3.54. The van der Waals surface area contributed by atoms with E-state index in [4.69, 9.17) is 11.1 Å². The fourth-order valence-electron chi connectivity index (χ4n) is 0.892. The smallest absolute Gasteiger partial charge is 0.387 e. The van der Waals surface area contributed by atoms with Crippen LogP contribution < -0.4 is 5.73 Å². The number of nitrogens with one attached hydrogen (secondary N) is 1. The van der Waals surface area contributed by atoms with Crippen LogP contribution in [0.25, 0.3) is 0 Å². The zero-order chi connectivity index (χ0) is 10.8. The predicted molar refractivity (Wildman–Crippen MR) is 44.9 cm³/mol. The van der Waals surface area contributed by atoms with Crippen molar-refractivity contribution in [1.29, 1.82) is 5.41 Å². The van der Waals surface area contributed by atoms with Crippen molar-refractivity contribution in [3.8, 4) is 0 Å². The molecule has 0 fully saturated rings. The number of nitrogens with zero attached hydrogens (tertiary/aromatic N) is 1. The Hall–Kier alpha value is -1.59. The standard InChI is InChI=1S/C8H8F3N3/c9-8(10,11)5-1-2-6(14-4-5)3-7(12)13/h1-2,4H,3H2,(H3,12,13). The first-order valence-electron chi connectivity index (χ1n) is 3.74. The molecule has 6 heteroatoms. The van der Waals surface area contributed by atoms with Crippen molar-refractivity contribution in [3.63, 3.8) is 0 Å². The molecule has 0 radical (unpaired) electrons. The molecule has 0 aromatic carbocycles. The van der Waals surface area contributed by atoms with E-state index in [2.05, 4.69) is 4.98 Å². The highest BCUT2D eigenvalue weighted by Gasteiger charge is 2.30. The van der Waals surface area contributed by atoms with Gasteiger partial charge in [0, 0.05) is 18.3 Å². The van der Waals surface area contributed by atoms with Crippen LogP contribution in [0.1, 0.15) is 11.3 Å². The molecule has 1 rings (SSSR count). The van der Waals surface area contributed by atoms with Gasteiger partial charge in [0.2, 0.25) is 0 Å². The third-order valence-electron chi connectivity index (χ3n) is 1.52. The number of halogens is 3. The first-order chi connectivity index (χ1) is 6.39. The van der Waals surface area contributed by atoms with E-state index in [0.29, 0.717) is 5.69 Å². The van der Waals surface area contributed by atoms with E-state index in [1.807, 2.05) is 0 Å². The van der Waals surface area contributed by atoms with Crippen molar-refractivity contribution in [2.24, 2.45) is 5.73 Å². The van der Waals surface area contributed by atoms with Crippen LogP contribution in [0.2, 0.25) is 0 Å². The van der Waals surface area contributed by atoms with E-state index >= 15 is 0 Å². The van der Waals surface area contributed by atoms with Crippen LogP contribution in [0.5, 0.6) is 0 Å². The van der Waals surface area contributed by atoms with Gasteiger partial charge in [0.05, 0.1) is 11.4 Å². The van der Waals surface area contributed by atoms with Gasteiger partial charge in [-0.1, -0.05) is 0 Å². The lowest BCUT2D eigenvalue weighted by Gasteiger charge is -2.06. The van der Waals surface area contributed by atoms with Gasteiger partial charge in [-0.05, 0) is 12.1 Å². The zero-order valence-electron chi connectivity index (χ0n) is 7.10. The molecule has 1 aromatic heterocycles. The quantitative estimate of drug-likeness (QED) is 0.566. The Balaban J connectivity index is 2.84. The highest BCUT2D eigenvalue weighted by Crippen LogP contribution is 2.28. The normalized spacial score (nSPS) is 11.4. The van der Waals surface area contributed by atoms with Crippen LogP contribution >= 0.6 is 0 Å². The summed E-state index contributed by atoms with van der Waals surface area (Å²) in [5.41, 5.74) is 4.62. The maximum absolute atomic E-state index is 12.1. The fourth-order valence-corrected chi connectivity index (χ4v) is 0.892. The molecule has 0 unspecified atom stereocenters. The maximum atomic E-state index is 12.1.